The molecule has 0 aliphatic heterocycles. The molecule has 4 unspecified atom stereocenters. The van der Waals surface area contributed by atoms with Crippen LogP contribution in [0.4, 0.5) is 13.2 Å². The Morgan fingerprint density at radius 2 is 1.61 bits per heavy atom. The molecule has 0 saturated heterocycles. The zero-order valence-electron chi connectivity index (χ0n) is 18.6. The van der Waals surface area contributed by atoms with E-state index < -0.39 is 17.5 Å². The first-order valence-corrected chi connectivity index (χ1v) is 11.8. The lowest BCUT2D eigenvalue weighted by atomic mass is 9.63. The van der Waals surface area contributed by atoms with Gasteiger partial charge in [0.2, 0.25) is 0 Å². The lowest BCUT2D eigenvalue weighted by molar-refractivity contribution is 0.115. The SMILES string of the molecule is C/C=C/CCC1CCC2CC(c3ccc(-c4ccc(C)c(F)c4F)c(F)c3)CCC2C1. The van der Waals surface area contributed by atoms with Crippen molar-refractivity contribution >= 4 is 0 Å². The summed E-state index contributed by atoms with van der Waals surface area (Å²) in [7, 11) is 0. The predicted molar refractivity (Wildman–Crippen MR) is 121 cm³/mol. The maximum atomic E-state index is 14.9. The lowest BCUT2D eigenvalue weighted by Gasteiger charge is -2.42. The molecule has 0 amide bonds. The van der Waals surface area contributed by atoms with Gasteiger partial charge in [-0.1, -0.05) is 42.8 Å². The molecule has 4 rings (SSSR count). The molecule has 0 N–H and O–H groups in total. The second-order valence-corrected chi connectivity index (χ2v) is 9.65. The minimum absolute atomic E-state index is 0.00732. The highest BCUT2D eigenvalue weighted by Crippen LogP contribution is 2.48. The summed E-state index contributed by atoms with van der Waals surface area (Å²) in [5.41, 5.74) is 1.36. The van der Waals surface area contributed by atoms with Crippen molar-refractivity contribution in [1.82, 2.24) is 0 Å². The zero-order chi connectivity index (χ0) is 22.0. The van der Waals surface area contributed by atoms with Crippen molar-refractivity contribution < 1.29 is 13.2 Å². The molecule has 2 aromatic rings. The van der Waals surface area contributed by atoms with E-state index in [4.69, 9.17) is 0 Å². The Hall–Kier alpha value is -2.03. The van der Waals surface area contributed by atoms with Gasteiger partial charge in [0.05, 0.1) is 0 Å². The van der Waals surface area contributed by atoms with Crippen molar-refractivity contribution in [2.45, 2.75) is 71.1 Å². The summed E-state index contributed by atoms with van der Waals surface area (Å²) < 4.78 is 43.2. The van der Waals surface area contributed by atoms with Crippen LogP contribution >= 0.6 is 0 Å². The quantitative estimate of drug-likeness (QED) is 0.419. The number of allylic oxidation sites excluding steroid dienone is 2. The molecule has 0 spiro atoms. The van der Waals surface area contributed by atoms with E-state index in [-0.39, 0.29) is 16.7 Å². The molecule has 2 aromatic carbocycles. The summed E-state index contributed by atoms with van der Waals surface area (Å²) in [6.07, 6.45) is 14.3. The van der Waals surface area contributed by atoms with Crippen LogP contribution in [0.15, 0.2) is 42.5 Å². The summed E-state index contributed by atoms with van der Waals surface area (Å²) in [6.45, 7) is 3.59. The number of fused-ring (bicyclic) bond motifs is 1. The maximum Gasteiger partial charge on any atom is 0.167 e. The molecule has 31 heavy (non-hydrogen) atoms. The minimum atomic E-state index is -0.974. The lowest BCUT2D eigenvalue weighted by Crippen LogP contribution is -2.30. The molecular weight excluding hydrogens is 393 g/mol. The number of benzene rings is 2. The van der Waals surface area contributed by atoms with Crippen molar-refractivity contribution in [2.75, 3.05) is 0 Å². The average Bonchev–Trinajstić information content (AvgIpc) is 2.78. The van der Waals surface area contributed by atoms with Gasteiger partial charge in [0.15, 0.2) is 11.6 Å². The first-order valence-electron chi connectivity index (χ1n) is 11.8. The van der Waals surface area contributed by atoms with Crippen LogP contribution < -0.4 is 0 Å². The van der Waals surface area contributed by atoms with E-state index in [0.29, 0.717) is 5.92 Å². The van der Waals surface area contributed by atoms with Crippen LogP contribution in [-0.4, -0.2) is 0 Å². The maximum absolute atomic E-state index is 14.9. The third-order valence-electron chi connectivity index (χ3n) is 7.73. The summed E-state index contributed by atoms with van der Waals surface area (Å²) in [6, 6.07) is 8.06. The molecule has 2 aliphatic carbocycles. The zero-order valence-corrected chi connectivity index (χ0v) is 18.6. The van der Waals surface area contributed by atoms with E-state index in [1.165, 1.54) is 57.6 Å². The molecule has 2 saturated carbocycles. The summed E-state index contributed by atoms with van der Waals surface area (Å²) in [5, 5.41) is 0. The highest BCUT2D eigenvalue weighted by Gasteiger charge is 2.36. The number of hydrogen-bond donors (Lipinski definition) is 0. The van der Waals surface area contributed by atoms with Crippen molar-refractivity contribution in [3.63, 3.8) is 0 Å². The van der Waals surface area contributed by atoms with Crippen LogP contribution in [0.1, 0.15) is 75.3 Å². The van der Waals surface area contributed by atoms with E-state index >= 15 is 0 Å². The van der Waals surface area contributed by atoms with E-state index in [9.17, 15) is 13.2 Å². The Bertz CT molecular complexity index is 946. The van der Waals surface area contributed by atoms with Crippen molar-refractivity contribution in [3.8, 4) is 11.1 Å². The van der Waals surface area contributed by atoms with Crippen LogP contribution in [-0.2, 0) is 0 Å². The van der Waals surface area contributed by atoms with Gasteiger partial charge >= 0.3 is 0 Å². The van der Waals surface area contributed by atoms with Crippen LogP contribution in [0.25, 0.3) is 11.1 Å². The van der Waals surface area contributed by atoms with Crippen molar-refractivity contribution in [1.29, 1.82) is 0 Å². The Balaban J connectivity index is 1.44. The summed E-state index contributed by atoms with van der Waals surface area (Å²) in [4.78, 5) is 0. The molecule has 0 bridgehead atoms. The Labute approximate surface area is 184 Å². The van der Waals surface area contributed by atoms with Gasteiger partial charge in [-0.15, -0.1) is 0 Å². The molecule has 0 nitrogen and oxygen atoms in total. The topological polar surface area (TPSA) is 0 Å². The van der Waals surface area contributed by atoms with Crippen LogP contribution in [0.3, 0.4) is 0 Å². The monoisotopic (exact) mass is 426 g/mol. The standard InChI is InChI=1S/C28H33F3/c1-3-4-5-6-19-8-9-21-16-22(11-10-20(21)15-19)23-12-14-24(26(29)17-23)25-13-7-18(2)27(30)28(25)31/h3-4,7,12-14,17,19-22H,5-6,8-11,15-16H2,1-2H3/b4-3+. The van der Waals surface area contributed by atoms with Gasteiger partial charge in [0.25, 0.3) is 0 Å². The van der Waals surface area contributed by atoms with Crippen LogP contribution in [0.2, 0.25) is 0 Å². The average molecular weight is 427 g/mol. The number of hydrogen-bond acceptors (Lipinski definition) is 0. The highest BCUT2D eigenvalue weighted by molar-refractivity contribution is 5.66. The second-order valence-electron chi connectivity index (χ2n) is 9.65. The van der Waals surface area contributed by atoms with Gasteiger partial charge in [0.1, 0.15) is 5.82 Å². The van der Waals surface area contributed by atoms with Gasteiger partial charge in [-0.3, -0.25) is 0 Å². The highest BCUT2D eigenvalue weighted by atomic mass is 19.2. The van der Waals surface area contributed by atoms with Crippen LogP contribution in [0.5, 0.6) is 0 Å². The Morgan fingerprint density at radius 3 is 2.39 bits per heavy atom. The van der Waals surface area contributed by atoms with Gasteiger partial charge in [-0.2, -0.15) is 0 Å². The van der Waals surface area contributed by atoms with E-state index in [1.807, 2.05) is 6.07 Å². The molecular formula is C28H33F3. The largest absolute Gasteiger partial charge is 0.206 e. The Morgan fingerprint density at radius 1 is 0.871 bits per heavy atom. The van der Waals surface area contributed by atoms with E-state index in [0.717, 1.165) is 36.2 Å². The second kappa shape index (κ2) is 9.63. The van der Waals surface area contributed by atoms with E-state index in [2.05, 4.69) is 19.1 Å². The summed E-state index contributed by atoms with van der Waals surface area (Å²) in [5.74, 6) is 0.436. The molecule has 166 valence electrons. The Kier molecular flexibility index (Phi) is 6.89. The third-order valence-corrected chi connectivity index (χ3v) is 7.73. The van der Waals surface area contributed by atoms with Crippen LogP contribution in [0, 0.1) is 42.1 Å². The summed E-state index contributed by atoms with van der Waals surface area (Å²) >= 11 is 0. The number of halogens is 3. The first kappa shape index (κ1) is 22.2. The number of aryl methyl sites for hydroxylation is 1. The van der Waals surface area contributed by atoms with Gasteiger partial charge < -0.3 is 0 Å². The molecule has 4 atom stereocenters. The van der Waals surface area contributed by atoms with Gasteiger partial charge in [0, 0.05) is 11.1 Å². The smallest absolute Gasteiger partial charge is 0.167 e. The van der Waals surface area contributed by atoms with E-state index in [1.54, 1.807) is 12.1 Å². The molecule has 0 aromatic heterocycles. The first-order chi connectivity index (χ1) is 15.0. The predicted octanol–water partition coefficient (Wildman–Crippen LogP) is 8.74. The molecule has 2 fully saturated rings. The number of rotatable bonds is 5. The minimum Gasteiger partial charge on any atom is -0.206 e. The molecule has 2 aliphatic rings. The third kappa shape index (κ3) is 4.76. The van der Waals surface area contributed by atoms with Gasteiger partial charge in [-0.05, 0) is 99.7 Å². The normalized spacial score (nSPS) is 26.2. The van der Waals surface area contributed by atoms with Crippen molar-refractivity contribution in [2.24, 2.45) is 17.8 Å². The fourth-order valence-electron chi connectivity index (χ4n) is 5.91. The van der Waals surface area contributed by atoms with Crippen molar-refractivity contribution in [3.05, 3.63) is 71.1 Å². The molecule has 0 heterocycles. The fraction of sp³-hybridized carbons (Fsp3) is 0.500. The molecule has 3 heteroatoms. The van der Waals surface area contributed by atoms with Gasteiger partial charge in [-0.25, -0.2) is 13.2 Å². The fourth-order valence-corrected chi connectivity index (χ4v) is 5.91. The molecule has 0 radical (unpaired) electrons.